The lowest BCUT2D eigenvalue weighted by Gasteiger charge is -2.29. The molecule has 2 saturated heterocycles. The van der Waals surface area contributed by atoms with Crippen molar-refractivity contribution < 1.29 is 23.2 Å². The molecule has 0 radical (unpaired) electrons. The van der Waals surface area contributed by atoms with Crippen molar-refractivity contribution in [3.63, 3.8) is 0 Å². The number of amides is 3. The van der Waals surface area contributed by atoms with E-state index in [4.69, 9.17) is 0 Å². The highest BCUT2D eigenvalue weighted by atomic mass is 32.2. The minimum atomic E-state index is -0.785. The minimum absolute atomic E-state index is 0.0370. The predicted octanol–water partition coefficient (Wildman–Crippen LogP) is 2.13. The molecule has 28 heavy (non-hydrogen) atoms. The second-order valence-corrected chi connectivity index (χ2v) is 9.10. The summed E-state index contributed by atoms with van der Waals surface area (Å²) in [6.07, 6.45) is -0.0499. The van der Waals surface area contributed by atoms with Gasteiger partial charge in [-0.1, -0.05) is 0 Å². The highest BCUT2D eigenvalue weighted by molar-refractivity contribution is 7.99. The number of rotatable bonds is 3. The molecule has 2 aliphatic rings. The molecule has 2 fully saturated rings. The molecule has 2 atom stereocenters. The molecular weight excluding hydrogens is 388 g/mol. The number of nitrogens with zero attached hydrogens (tertiary/aromatic N) is 2. The average Bonchev–Trinajstić information content (AvgIpc) is 3.18. The van der Waals surface area contributed by atoms with Crippen molar-refractivity contribution in [2.75, 3.05) is 23.1 Å². The number of halogens is 2. The summed E-state index contributed by atoms with van der Waals surface area (Å²) in [5.74, 6) is -2.23. The van der Waals surface area contributed by atoms with Gasteiger partial charge in [0.25, 0.3) is 0 Å². The van der Waals surface area contributed by atoms with E-state index in [9.17, 15) is 23.2 Å². The van der Waals surface area contributed by atoms with Gasteiger partial charge in [-0.05, 0) is 32.9 Å². The minimum Gasteiger partial charge on any atom is -0.350 e. The third-order valence-electron chi connectivity index (χ3n) is 4.60. The predicted molar refractivity (Wildman–Crippen MR) is 103 cm³/mol. The van der Waals surface area contributed by atoms with E-state index in [1.54, 1.807) is 0 Å². The summed E-state index contributed by atoms with van der Waals surface area (Å²) in [6.45, 7) is 5.63. The molecule has 3 amide bonds. The summed E-state index contributed by atoms with van der Waals surface area (Å²) >= 11 is 1.48. The van der Waals surface area contributed by atoms with Crippen molar-refractivity contribution in [1.82, 2.24) is 10.2 Å². The van der Waals surface area contributed by atoms with E-state index in [2.05, 4.69) is 5.32 Å². The van der Waals surface area contributed by atoms with Gasteiger partial charge in [-0.2, -0.15) is 0 Å². The van der Waals surface area contributed by atoms with Gasteiger partial charge in [0.15, 0.2) is 0 Å². The van der Waals surface area contributed by atoms with Crippen molar-refractivity contribution in [2.24, 2.45) is 5.92 Å². The molecule has 0 spiro atoms. The molecule has 0 bridgehead atoms. The standard InChI is InChI=1S/C19H23F2N3O3S/c1-19(2,3)22-17(26)15-9-28-10-24(15)18(27)11-4-16(25)23(8-11)14-6-12(20)5-13(21)7-14/h5-7,11,15H,4,8-10H2,1-3H3,(H,22,26). The van der Waals surface area contributed by atoms with Gasteiger partial charge in [-0.3, -0.25) is 14.4 Å². The molecule has 152 valence electrons. The number of hydrogen-bond donors (Lipinski definition) is 1. The Morgan fingerprint density at radius 3 is 2.43 bits per heavy atom. The van der Waals surface area contributed by atoms with Gasteiger partial charge in [0.1, 0.15) is 17.7 Å². The van der Waals surface area contributed by atoms with Crippen LogP contribution in [0.4, 0.5) is 14.5 Å². The average molecular weight is 411 g/mol. The van der Waals surface area contributed by atoms with Gasteiger partial charge in [-0.15, -0.1) is 11.8 Å². The number of hydrogen-bond acceptors (Lipinski definition) is 4. The molecule has 2 unspecified atom stereocenters. The Morgan fingerprint density at radius 2 is 1.82 bits per heavy atom. The molecule has 6 nitrogen and oxygen atoms in total. The van der Waals surface area contributed by atoms with Gasteiger partial charge in [0.05, 0.1) is 11.8 Å². The molecule has 2 heterocycles. The summed E-state index contributed by atoms with van der Waals surface area (Å²) in [5.41, 5.74) is -0.323. The van der Waals surface area contributed by atoms with Gasteiger partial charge in [0.2, 0.25) is 17.7 Å². The van der Waals surface area contributed by atoms with E-state index in [0.29, 0.717) is 11.6 Å². The lowest BCUT2D eigenvalue weighted by atomic mass is 10.1. The first-order valence-corrected chi connectivity index (χ1v) is 10.2. The first-order valence-electron chi connectivity index (χ1n) is 9.02. The number of thioether (sulfide) groups is 1. The zero-order chi connectivity index (χ0) is 20.6. The molecule has 2 aliphatic heterocycles. The maximum Gasteiger partial charge on any atom is 0.244 e. The highest BCUT2D eigenvalue weighted by Crippen LogP contribution is 2.30. The Kier molecular flexibility index (Phi) is 5.65. The first-order chi connectivity index (χ1) is 13.0. The van der Waals surface area contributed by atoms with Crippen LogP contribution in [0.25, 0.3) is 0 Å². The van der Waals surface area contributed by atoms with E-state index < -0.39 is 29.1 Å². The SMILES string of the molecule is CC(C)(C)NC(=O)C1CSCN1C(=O)C1CC(=O)N(c2cc(F)cc(F)c2)C1. The van der Waals surface area contributed by atoms with Gasteiger partial charge < -0.3 is 15.1 Å². The summed E-state index contributed by atoms with van der Waals surface area (Å²) in [7, 11) is 0. The molecular formula is C19H23F2N3O3S. The van der Waals surface area contributed by atoms with Crippen LogP contribution in [-0.4, -0.2) is 52.4 Å². The summed E-state index contributed by atoms with van der Waals surface area (Å²) in [4.78, 5) is 40.6. The van der Waals surface area contributed by atoms with Crippen LogP contribution < -0.4 is 10.2 Å². The molecule has 0 aromatic heterocycles. The van der Waals surface area contributed by atoms with Crippen LogP contribution in [0, 0.1) is 17.6 Å². The van der Waals surface area contributed by atoms with Gasteiger partial charge in [-0.25, -0.2) is 8.78 Å². The third kappa shape index (κ3) is 4.45. The van der Waals surface area contributed by atoms with E-state index in [0.717, 1.165) is 18.2 Å². The van der Waals surface area contributed by atoms with Crippen LogP contribution in [0.5, 0.6) is 0 Å². The lowest BCUT2D eigenvalue weighted by Crippen LogP contribution is -2.53. The van der Waals surface area contributed by atoms with E-state index >= 15 is 0 Å². The lowest BCUT2D eigenvalue weighted by molar-refractivity contribution is -0.141. The molecule has 3 rings (SSSR count). The first kappa shape index (κ1) is 20.6. The van der Waals surface area contributed by atoms with Gasteiger partial charge in [0, 0.05) is 36.0 Å². The molecule has 1 aromatic rings. The van der Waals surface area contributed by atoms with Crippen LogP contribution in [0.1, 0.15) is 27.2 Å². The summed E-state index contributed by atoms with van der Waals surface area (Å²) in [6, 6.07) is 2.28. The van der Waals surface area contributed by atoms with E-state index in [-0.39, 0.29) is 36.4 Å². The van der Waals surface area contributed by atoms with Crippen LogP contribution >= 0.6 is 11.8 Å². The largest absolute Gasteiger partial charge is 0.350 e. The quantitative estimate of drug-likeness (QED) is 0.827. The summed E-state index contributed by atoms with van der Waals surface area (Å²) in [5, 5.41) is 2.89. The maximum atomic E-state index is 13.5. The van der Waals surface area contributed by atoms with Crippen molar-refractivity contribution in [1.29, 1.82) is 0 Å². The van der Waals surface area contributed by atoms with Crippen molar-refractivity contribution >= 4 is 35.2 Å². The fraction of sp³-hybridized carbons (Fsp3) is 0.526. The second-order valence-electron chi connectivity index (χ2n) is 8.10. The summed E-state index contributed by atoms with van der Waals surface area (Å²) < 4.78 is 27.0. The molecule has 0 saturated carbocycles. The number of nitrogens with one attached hydrogen (secondary N) is 1. The number of anilines is 1. The van der Waals surface area contributed by atoms with Crippen molar-refractivity contribution in [2.45, 2.75) is 38.8 Å². The van der Waals surface area contributed by atoms with Crippen LogP contribution in [0.15, 0.2) is 18.2 Å². The molecule has 1 N–H and O–H groups in total. The normalized spacial score (nSPS) is 22.7. The second kappa shape index (κ2) is 7.69. The highest BCUT2D eigenvalue weighted by Gasteiger charge is 2.43. The van der Waals surface area contributed by atoms with Gasteiger partial charge >= 0.3 is 0 Å². The zero-order valence-electron chi connectivity index (χ0n) is 16.0. The molecule has 1 aromatic carbocycles. The number of benzene rings is 1. The number of carbonyl (C=O) groups is 3. The Labute approximate surface area is 166 Å². The van der Waals surface area contributed by atoms with E-state index in [1.165, 1.54) is 21.6 Å². The number of carbonyl (C=O) groups excluding carboxylic acids is 3. The van der Waals surface area contributed by atoms with Crippen LogP contribution in [-0.2, 0) is 14.4 Å². The monoisotopic (exact) mass is 411 g/mol. The Hall–Kier alpha value is -2.16. The van der Waals surface area contributed by atoms with Crippen molar-refractivity contribution in [3.8, 4) is 0 Å². The Bertz CT molecular complexity index is 792. The fourth-order valence-electron chi connectivity index (χ4n) is 3.38. The topological polar surface area (TPSA) is 69.7 Å². The molecule has 0 aliphatic carbocycles. The van der Waals surface area contributed by atoms with E-state index in [1.807, 2.05) is 20.8 Å². The van der Waals surface area contributed by atoms with Crippen LogP contribution in [0.3, 0.4) is 0 Å². The Morgan fingerprint density at radius 1 is 1.18 bits per heavy atom. The van der Waals surface area contributed by atoms with Crippen molar-refractivity contribution in [3.05, 3.63) is 29.8 Å². The zero-order valence-corrected chi connectivity index (χ0v) is 16.8. The third-order valence-corrected chi connectivity index (χ3v) is 5.61. The molecule has 9 heteroatoms. The van der Waals surface area contributed by atoms with Crippen LogP contribution in [0.2, 0.25) is 0 Å². The fourth-order valence-corrected chi connectivity index (χ4v) is 4.55. The Balaban J connectivity index is 1.72. The smallest absolute Gasteiger partial charge is 0.244 e. The maximum absolute atomic E-state index is 13.5.